The molecule has 0 bridgehead atoms. The molecule has 2 aromatic heterocycles. The van der Waals surface area contributed by atoms with Gasteiger partial charge in [-0.2, -0.15) is 5.10 Å². The Balaban J connectivity index is 1.44. The van der Waals surface area contributed by atoms with Gasteiger partial charge >= 0.3 is 0 Å². The average molecular weight is 444 g/mol. The Kier molecular flexibility index (Phi) is 5.77. The topological polar surface area (TPSA) is 81.8 Å². The van der Waals surface area contributed by atoms with E-state index in [0.29, 0.717) is 22.6 Å². The Morgan fingerprint density at radius 1 is 1.10 bits per heavy atom. The van der Waals surface area contributed by atoms with Crippen molar-refractivity contribution in [2.45, 2.75) is 13.1 Å². The number of hydrogen-bond acceptors (Lipinski definition) is 4. The van der Waals surface area contributed by atoms with Gasteiger partial charge in [-0.1, -0.05) is 23.7 Å². The Hall–Kier alpha value is -3.59. The van der Waals surface area contributed by atoms with Gasteiger partial charge in [-0.3, -0.25) is 14.2 Å². The zero-order valence-electron chi connectivity index (χ0n) is 16.1. The van der Waals surface area contributed by atoms with E-state index in [4.69, 9.17) is 11.6 Å². The first-order valence-electron chi connectivity index (χ1n) is 9.31. The second-order valence-electron chi connectivity index (χ2n) is 6.79. The third-order valence-electron chi connectivity index (χ3n) is 4.68. The van der Waals surface area contributed by atoms with Crippen LogP contribution in [0, 0.1) is 11.6 Å². The summed E-state index contributed by atoms with van der Waals surface area (Å²) in [6.45, 7) is 0.741. The van der Waals surface area contributed by atoms with Crippen molar-refractivity contribution in [1.82, 2.24) is 24.6 Å². The number of amides is 1. The highest BCUT2D eigenvalue weighted by Gasteiger charge is 2.12. The molecule has 7 nitrogen and oxygen atoms in total. The van der Waals surface area contributed by atoms with Crippen LogP contribution in [-0.4, -0.2) is 31.8 Å². The van der Waals surface area contributed by atoms with Gasteiger partial charge < -0.3 is 5.32 Å². The maximum absolute atomic E-state index is 13.3. The molecule has 1 N–H and O–H groups in total. The fraction of sp³-hybridized carbons (Fsp3) is 0.143. The van der Waals surface area contributed by atoms with Crippen LogP contribution in [0.25, 0.3) is 11.0 Å². The molecule has 0 aliphatic carbocycles. The number of carbonyl (C=O) groups excluding carboxylic acids is 1. The summed E-state index contributed by atoms with van der Waals surface area (Å²) in [4.78, 5) is 29.2. The predicted octanol–water partition coefficient (Wildman–Crippen LogP) is 3.00. The van der Waals surface area contributed by atoms with E-state index in [1.54, 1.807) is 12.1 Å². The summed E-state index contributed by atoms with van der Waals surface area (Å²) in [7, 11) is 0. The van der Waals surface area contributed by atoms with Crippen molar-refractivity contribution < 1.29 is 13.6 Å². The SMILES string of the molecule is O=C(NCCn1ncc2c(=O)n(Cc3ccc(Cl)cc3)cnc21)c1ccc(F)c(F)c1. The van der Waals surface area contributed by atoms with Gasteiger partial charge in [0.1, 0.15) is 11.7 Å². The highest BCUT2D eigenvalue weighted by Crippen LogP contribution is 2.11. The largest absolute Gasteiger partial charge is 0.350 e. The monoisotopic (exact) mass is 443 g/mol. The van der Waals surface area contributed by atoms with Crippen LogP contribution in [0.3, 0.4) is 0 Å². The Morgan fingerprint density at radius 3 is 2.61 bits per heavy atom. The van der Waals surface area contributed by atoms with Gasteiger partial charge in [-0.05, 0) is 35.9 Å². The van der Waals surface area contributed by atoms with Crippen LogP contribution in [-0.2, 0) is 13.1 Å². The van der Waals surface area contributed by atoms with Crippen molar-refractivity contribution in [2.24, 2.45) is 0 Å². The van der Waals surface area contributed by atoms with Crippen molar-refractivity contribution >= 4 is 28.5 Å². The third kappa shape index (κ3) is 4.46. The lowest BCUT2D eigenvalue weighted by molar-refractivity contribution is 0.0951. The quantitative estimate of drug-likeness (QED) is 0.496. The van der Waals surface area contributed by atoms with E-state index < -0.39 is 17.5 Å². The average Bonchev–Trinajstić information content (AvgIpc) is 3.17. The number of benzene rings is 2. The number of halogens is 3. The van der Waals surface area contributed by atoms with E-state index >= 15 is 0 Å². The minimum Gasteiger partial charge on any atom is -0.350 e. The summed E-state index contributed by atoms with van der Waals surface area (Å²) >= 11 is 5.89. The summed E-state index contributed by atoms with van der Waals surface area (Å²) < 4.78 is 29.2. The summed E-state index contributed by atoms with van der Waals surface area (Å²) in [5, 5.41) is 7.74. The Bertz CT molecular complexity index is 1320. The molecule has 2 aromatic carbocycles. The van der Waals surface area contributed by atoms with Crippen LogP contribution in [0.5, 0.6) is 0 Å². The number of hydrogen-bond donors (Lipinski definition) is 1. The second kappa shape index (κ2) is 8.65. The first-order valence-corrected chi connectivity index (χ1v) is 9.69. The lowest BCUT2D eigenvalue weighted by Crippen LogP contribution is -2.28. The molecular weight excluding hydrogens is 428 g/mol. The molecule has 2 heterocycles. The molecule has 4 rings (SSSR count). The fourth-order valence-electron chi connectivity index (χ4n) is 3.08. The summed E-state index contributed by atoms with van der Waals surface area (Å²) in [5.74, 6) is -2.66. The maximum Gasteiger partial charge on any atom is 0.264 e. The zero-order chi connectivity index (χ0) is 22.0. The molecule has 158 valence electrons. The molecule has 4 aromatic rings. The number of carbonyl (C=O) groups is 1. The highest BCUT2D eigenvalue weighted by atomic mass is 35.5. The van der Waals surface area contributed by atoms with E-state index in [2.05, 4.69) is 15.4 Å². The molecule has 0 unspecified atom stereocenters. The van der Waals surface area contributed by atoms with Crippen LogP contribution in [0.2, 0.25) is 5.02 Å². The molecule has 0 aliphatic heterocycles. The van der Waals surface area contributed by atoms with E-state index in [1.165, 1.54) is 27.8 Å². The van der Waals surface area contributed by atoms with Crippen LogP contribution < -0.4 is 10.9 Å². The van der Waals surface area contributed by atoms with Gasteiger partial charge in [-0.15, -0.1) is 0 Å². The van der Waals surface area contributed by atoms with Gasteiger partial charge in [-0.25, -0.2) is 18.4 Å². The lowest BCUT2D eigenvalue weighted by atomic mass is 10.2. The first-order chi connectivity index (χ1) is 14.9. The number of nitrogens with one attached hydrogen (secondary N) is 1. The molecule has 0 aliphatic rings. The van der Waals surface area contributed by atoms with Crippen molar-refractivity contribution in [1.29, 1.82) is 0 Å². The standard InChI is InChI=1S/C21H16ClF2N5O2/c22-15-4-1-13(2-5-15)11-28-12-26-19-16(21(28)31)10-27-29(19)8-7-25-20(30)14-3-6-17(23)18(24)9-14/h1-6,9-10,12H,7-8,11H2,(H,25,30). The van der Waals surface area contributed by atoms with E-state index in [9.17, 15) is 18.4 Å². The van der Waals surface area contributed by atoms with Gasteiger partial charge in [0, 0.05) is 17.1 Å². The van der Waals surface area contributed by atoms with Crippen LogP contribution in [0.4, 0.5) is 8.78 Å². The molecule has 0 saturated carbocycles. The second-order valence-corrected chi connectivity index (χ2v) is 7.23. The molecule has 10 heteroatoms. The molecule has 0 saturated heterocycles. The predicted molar refractivity (Wildman–Crippen MR) is 111 cm³/mol. The smallest absolute Gasteiger partial charge is 0.264 e. The normalized spacial score (nSPS) is 11.1. The van der Waals surface area contributed by atoms with Gasteiger partial charge in [0.25, 0.3) is 11.5 Å². The van der Waals surface area contributed by atoms with Crippen LogP contribution >= 0.6 is 11.6 Å². The zero-order valence-corrected chi connectivity index (χ0v) is 16.8. The van der Waals surface area contributed by atoms with Crippen molar-refractivity contribution in [3.8, 4) is 0 Å². The summed E-state index contributed by atoms with van der Waals surface area (Å²) in [6.07, 6.45) is 2.87. The fourth-order valence-corrected chi connectivity index (χ4v) is 3.20. The molecule has 0 radical (unpaired) electrons. The van der Waals surface area contributed by atoms with Crippen LogP contribution in [0.15, 0.2) is 59.8 Å². The minimum atomic E-state index is -1.09. The van der Waals surface area contributed by atoms with E-state index in [-0.39, 0.29) is 24.2 Å². The van der Waals surface area contributed by atoms with Crippen molar-refractivity contribution in [3.63, 3.8) is 0 Å². The summed E-state index contributed by atoms with van der Waals surface area (Å²) in [6, 6.07) is 10.1. The van der Waals surface area contributed by atoms with Gasteiger partial charge in [0.15, 0.2) is 17.3 Å². The molecule has 31 heavy (non-hydrogen) atoms. The summed E-state index contributed by atoms with van der Waals surface area (Å²) in [5.41, 5.74) is 1.06. The third-order valence-corrected chi connectivity index (χ3v) is 4.93. The first kappa shape index (κ1) is 20.7. The molecule has 0 atom stereocenters. The molecule has 0 fully saturated rings. The van der Waals surface area contributed by atoms with Crippen molar-refractivity contribution in [3.05, 3.63) is 93.1 Å². The lowest BCUT2D eigenvalue weighted by Gasteiger charge is -2.08. The number of fused-ring (bicyclic) bond motifs is 1. The molecule has 1 amide bonds. The maximum atomic E-state index is 13.3. The number of nitrogens with zero attached hydrogens (tertiary/aromatic N) is 4. The number of aromatic nitrogens is 4. The Morgan fingerprint density at radius 2 is 1.87 bits per heavy atom. The van der Waals surface area contributed by atoms with E-state index in [1.807, 2.05) is 12.1 Å². The van der Waals surface area contributed by atoms with E-state index in [0.717, 1.165) is 17.7 Å². The van der Waals surface area contributed by atoms with Crippen molar-refractivity contribution in [2.75, 3.05) is 6.54 Å². The van der Waals surface area contributed by atoms with Gasteiger partial charge in [0.05, 0.1) is 19.3 Å². The molecular formula is C21H16ClF2N5O2. The Labute approximate surface area is 179 Å². The minimum absolute atomic E-state index is 0.00688. The molecule has 0 spiro atoms. The highest BCUT2D eigenvalue weighted by molar-refractivity contribution is 6.30. The number of rotatable bonds is 6. The van der Waals surface area contributed by atoms with Crippen LogP contribution in [0.1, 0.15) is 15.9 Å². The van der Waals surface area contributed by atoms with Gasteiger partial charge in [0.2, 0.25) is 0 Å².